The Balaban J connectivity index is 2.91. The smallest absolute Gasteiger partial charge is 0.323 e. The average Bonchev–Trinajstić information content (AvgIpc) is 2.55. The first-order valence-corrected chi connectivity index (χ1v) is 4.97. The van der Waals surface area contributed by atoms with Crippen LogP contribution >= 0.6 is 0 Å². The van der Waals surface area contributed by atoms with E-state index in [1.54, 1.807) is 25.6 Å². The van der Waals surface area contributed by atoms with Gasteiger partial charge in [0.25, 0.3) is 5.91 Å². The van der Waals surface area contributed by atoms with E-state index in [0.717, 1.165) is 5.69 Å². The van der Waals surface area contributed by atoms with Crippen LogP contribution < -0.4 is 0 Å². The number of hydrogen-bond donors (Lipinski definition) is 1. The quantitative estimate of drug-likeness (QED) is 0.798. The van der Waals surface area contributed by atoms with Gasteiger partial charge >= 0.3 is 5.97 Å². The molecule has 0 radical (unpaired) electrons. The predicted octanol–water partition coefficient (Wildman–Crippen LogP) is 0.275. The van der Waals surface area contributed by atoms with Crippen LogP contribution in [0.2, 0.25) is 0 Å². The monoisotopic (exact) mass is 225 g/mol. The maximum absolute atomic E-state index is 12.0. The standard InChI is InChI=1S/C10H15N3O3/c1-4-13(6-9(14)15)10(16)8-5-11-12(3)7(8)2/h5H,4,6H2,1-3H3,(H,14,15). The van der Waals surface area contributed by atoms with Gasteiger partial charge < -0.3 is 10.0 Å². The Morgan fingerprint density at radius 2 is 2.19 bits per heavy atom. The summed E-state index contributed by atoms with van der Waals surface area (Å²) in [6, 6.07) is 0. The molecule has 88 valence electrons. The molecular formula is C10H15N3O3. The lowest BCUT2D eigenvalue weighted by Crippen LogP contribution is -2.35. The molecule has 1 aromatic heterocycles. The minimum absolute atomic E-state index is 0.288. The van der Waals surface area contributed by atoms with Crippen molar-refractivity contribution in [1.29, 1.82) is 0 Å². The zero-order valence-corrected chi connectivity index (χ0v) is 9.60. The third-order valence-electron chi connectivity index (χ3n) is 2.46. The number of carbonyl (C=O) groups excluding carboxylic acids is 1. The highest BCUT2D eigenvalue weighted by Crippen LogP contribution is 2.09. The van der Waals surface area contributed by atoms with Crippen molar-refractivity contribution in [3.8, 4) is 0 Å². The molecule has 0 saturated carbocycles. The van der Waals surface area contributed by atoms with Crippen LogP contribution in [0.15, 0.2) is 6.20 Å². The highest BCUT2D eigenvalue weighted by Gasteiger charge is 2.20. The Kier molecular flexibility index (Phi) is 3.65. The molecule has 1 N–H and O–H groups in total. The van der Waals surface area contributed by atoms with E-state index in [-0.39, 0.29) is 12.5 Å². The number of nitrogens with zero attached hydrogens (tertiary/aromatic N) is 3. The summed E-state index contributed by atoms with van der Waals surface area (Å²) in [4.78, 5) is 23.8. The van der Waals surface area contributed by atoms with Crippen LogP contribution in [0, 0.1) is 6.92 Å². The van der Waals surface area contributed by atoms with E-state index >= 15 is 0 Å². The van der Waals surface area contributed by atoms with Crippen molar-refractivity contribution < 1.29 is 14.7 Å². The van der Waals surface area contributed by atoms with E-state index < -0.39 is 5.97 Å². The Hall–Kier alpha value is -1.85. The molecule has 0 spiro atoms. The van der Waals surface area contributed by atoms with Crippen LogP contribution in [-0.2, 0) is 11.8 Å². The average molecular weight is 225 g/mol. The molecule has 6 nitrogen and oxygen atoms in total. The molecule has 0 saturated heterocycles. The normalized spacial score (nSPS) is 10.2. The van der Waals surface area contributed by atoms with Gasteiger partial charge in [-0.1, -0.05) is 0 Å². The second-order valence-corrected chi connectivity index (χ2v) is 3.48. The van der Waals surface area contributed by atoms with E-state index in [0.29, 0.717) is 12.1 Å². The van der Waals surface area contributed by atoms with Crippen LogP contribution in [-0.4, -0.2) is 44.8 Å². The van der Waals surface area contributed by atoms with Gasteiger partial charge in [0.2, 0.25) is 0 Å². The lowest BCUT2D eigenvalue weighted by atomic mass is 10.2. The summed E-state index contributed by atoms with van der Waals surface area (Å²) >= 11 is 0. The number of likely N-dealkylation sites (N-methyl/N-ethyl adjacent to an activating group) is 1. The topological polar surface area (TPSA) is 75.4 Å². The van der Waals surface area contributed by atoms with Crippen LogP contribution in [0.4, 0.5) is 0 Å². The number of rotatable bonds is 4. The highest BCUT2D eigenvalue weighted by atomic mass is 16.4. The lowest BCUT2D eigenvalue weighted by Gasteiger charge is -2.17. The maximum atomic E-state index is 12.0. The van der Waals surface area contributed by atoms with E-state index in [1.807, 2.05) is 0 Å². The van der Waals surface area contributed by atoms with Gasteiger partial charge in [0.05, 0.1) is 11.8 Å². The van der Waals surface area contributed by atoms with E-state index in [9.17, 15) is 9.59 Å². The van der Waals surface area contributed by atoms with Crippen molar-refractivity contribution in [2.75, 3.05) is 13.1 Å². The van der Waals surface area contributed by atoms with Crippen molar-refractivity contribution in [2.45, 2.75) is 13.8 Å². The van der Waals surface area contributed by atoms with Crippen LogP contribution in [0.3, 0.4) is 0 Å². The molecular weight excluding hydrogens is 210 g/mol. The summed E-state index contributed by atoms with van der Waals surface area (Å²) in [6.45, 7) is 3.59. The molecule has 16 heavy (non-hydrogen) atoms. The van der Waals surface area contributed by atoms with Gasteiger partial charge in [0.15, 0.2) is 0 Å². The molecule has 1 heterocycles. The van der Waals surface area contributed by atoms with Gasteiger partial charge in [-0.3, -0.25) is 14.3 Å². The van der Waals surface area contributed by atoms with Gasteiger partial charge in [-0.15, -0.1) is 0 Å². The fraction of sp³-hybridized carbons (Fsp3) is 0.500. The first kappa shape index (κ1) is 12.2. The summed E-state index contributed by atoms with van der Waals surface area (Å²) in [5.41, 5.74) is 1.18. The van der Waals surface area contributed by atoms with Gasteiger partial charge in [0, 0.05) is 19.3 Å². The Morgan fingerprint density at radius 3 is 2.56 bits per heavy atom. The highest BCUT2D eigenvalue weighted by molar-refractivity contribution is 5.96. The van der Waals surface area contributed by atoms with E-state index in [1.165, 1.54) is 11.1 Å². The molecule has 0 unspecified atom stereocenters. The summed E-state index contributed by atoms with van der Waals surface area (Å²) in [5.74, 6) is -1.31. The molecule has 0 aliphatic rings. The van der Waals surface area contributed by atoms with Crippen molar-refractivity contribution in [2.24, 2.45) is 7.05 Å². The van der Waals surface area contributed by atoms with Crippen LogP contribution in [0.5, 0.6) is 0 Å². The zero-order chi connectivity index (χ0) is 12.3. The Morgan fingerprint density at radius 1 is 1.56 bits per heavy atom. The summed E-state index contributed by atoms with van der Waals surface area (Å²) in [5, 5.41) is 12.6. The third-order valence-corrected chi connectivity index (χ3v) is 2.46. The molecule has 0 aromatic carbocycles. The number of carbonyl (C=O) groups is 2. The third kappa shape index (κ3) is 2.39. The molecule has 0 fully saturated rings. The zero-order valence-electron chi connectivity index (χ0n) is 9.60. The van der Waals surface area contributed by atoms with Crippen LogP contribution in [0.25, 0.3) is 0 Å². The van der Waals surface area contributed by atoms with E-state index in [2.05, 4.69) is 5.10 Å². The molecule has 1 amide bonds. The predicted molar refractivity (Wildman–Crippen MR) is 57.2 cm³/mol. The Bertz CT molecular complexity index is 411. The molecule has 0 aliphatic heterocycles. The summed E-state index contributed by atoms with van der Waals surface area (Å²) in [7, 11) is 1.74. The first-order valence-electron chi connectivity index (χ1n) is 4.97. The van der Waals surface area contributed by atoms with Crippen molar-refractivity contribution in [3.63, 3.8) is 0 Å². The number of aromatic nitrogens is 2. The van der Waals surface area contributed by atoms with E-state index in [4.69, 9.17) is 5.11 Å². The molecule has 0 atom stereocenters. The SMILES string of the molecule is CCN(CC(=O)O)C(=O)c1cnn(C)c1C. The molecule has 0 bridgehead atoms. The number of aliphatic carboxylic acids is 1. The largest absolute Gasteiger partial charge is 0.480 e. The van der Waals surface area contributed by atoms with Crippen molar-refractivity contribution in [1.82, 2.24) is 14.7 Å². The minimum Gasteiger partial charge on any atom is -0.480 e. The number of aryl methyl sites for hydroxylation is 1. The van der Waals surface area contributed by atoms with Crippen LogP contribution in [0.1, 0.15) is 23.0 Å². The van der Waals surface area contributed by atoms with Crippen molar-refractivity contribution in [3.05, 3.63) is 17.5 Å². The molecule has 1 aromatic rings. The molecule has 0 aliphatic carbocycles. The fourth-order valence-electron chi connectivity index (χ4n) is 1.37. The molecule has 1 rings (SSSR count). The Labute approximate surface area is 93.5 Å². The summed E-state index contributed by atoms with van der Waals surface area (Å²) in [6.07, 6.45) is 1.46. The van der Waals surface area contributed by atoms with Gasteiger partial charge in [0.1, 0.15) is 6.54 Å². The number of carboxylic acid groups (broad SMARTS) is 1. The first-order chi connectivity index (χ1) is 7.47. The van der Waals surface area contributed by atoms with Gasteiger partial charge in [-0.05, 0) is 13.8 Å². The van der Waals surface area contributed by atoms with Gasteiger partial charge in [-0.25, -0.2) is 0 Å². The minimum atomic E-state index is -1.02. The molecule has 6 heteroatoms. The number of carboxylic acids is 1. The van der Waals surface area contributed by atoms with Gasteiger partial charge in [-0.2, -0.15) is 5.10 Å². The number of amides is 1. The lowest BCUT2D eigenvalue weighted by molar-refractivity contribution is -0.137. The number of hydrogen-bond acceptors (Lipinski definition) is 3. The summed E-state index contributed by atoms with van der Waals surface area (Å²) < 4.78 is 1.59. The fourth-order valence-corrected chi connectivity index (χ4v) is 1.37. The van der Waals surface area contributed by atoms with Crippen molar-refractivity contribution >= 4 is 11.9 Å². The second-order valence-electron chi connectivity index (χ2n) is 3.48. The maximum Gasteiger partial charge on any atom is 0.323 e. The second kappa shape index (κ2) is 4.78.